The topological polar surface area (TPSA) is 28.2 Å². The zero-order chi connectivity index (χ0) is 15.4. The molecule has 0 radical (unpaired) electrons. The summed E-state index contributed by atoms with van der Waals surface area (Å²) in [5.74, 6) is 0. The van der Waals surface area contributed by atoms with Gasteiger partial charge in [0.15, 0.2) is 0 Å². The largest absolute Gasteiger partial charge is 0.298 e. The van der Waals surface area contributed by atoms with Crippen molar-refractivity contribution >= 4 is 10.9 Å². The van der Waals surface area contributed by atoms with Gasteiger partial charge < -0.3 is 0 Å². The lowest BCUT2D eigenvalue weighted by molar-refractivity contribution is 0.159. The van der Waals surface area contributed by atoms with Crippen molar-refractivity contribution in [3.63, 3.8) is 0 Å². The van der Waals surface area contributed by atoms with Crippen molar-refractivity contribution in [1.82, 2.24) is 15.2 Å². The molecule has 2 unspecified atom stereocenters. The van der Waals surface area contributed by atoms with Crippen LogP contribution in [-0.4, -0.2) is 29.0 Å². The fourth-order valence-electron chi connectivity index (χ4n) is 3.43. The minimum Gasteiger partial charge on any atom is -0.298 e. The van der Waals surface area contributed by atoms with Crippen molar-refractivity contribution < 1.29 is 0 Å². The van der Waals surface area contributed by atoms with E-state index in [0.29, 0.717) is 12.2 Å². The van der Waals surface area contributed by atoms with Gasteiger partial charge in [0.1, 0.15) is 0 Å². The van der Waals surface area contributed by atoms with Crippen molar-refractivity contribution in [2.45, 2.75) is 51.7 Å². The average Bonchev–Trinajstić information content (AvgIpc) is 2.97. The SMILES string of the molecule is CCCCNC(c1ccc2cccnc2c1)N1CCCC1C. The molecule has 0 spiro atoms. The van der Waals surface area contributed by atoms with E-state index in [-0.39, 0.29) is 0 Å². The number of nitrogens with zero attached hydrogens (tertiary/aromatic N) is 2. The van der Waals surface area contributed by atoms with Crippen molar-refractivity contribution in [2.75, 3.05) is 13.1 Å². The van der Waals surface area contributed by atoms with Gasteiger partial charge in [-0.1, -0.05) is 31.5 Å². The van der Waals surface area contributed by atoms with Crippen LogP contribution in [0.4, 0.5) is 0 Å². The Balaban J connectivity index is 1.88. The number of benzene rings is 1. The summed E-state index contributed by atoms with van der Waals surface area (Å²) in [6.07, 6.45) is 7.26. The molecule has 1 aromatic heterocycles. The zero-order valence-electron chi connectivity index (χ0n) is 13.8. The molecule has 0 aliphatic carbocycles. The number of likely N-dealkylation sites (tertiary alicyclic amines) is 1. The molecule has 2 heterocycles. The van der Waals surface area contributed by atoms with Crippen molar-refractivity contribution in [3.05, 3.63) is 42.1 Å². The normalized spacial score (nSPS) is 20.5. The van der Waals surface area contributed by atoms with Crippen LogP contribution in [0.25, 0.3) is 10.9 Å². The molecule has 2 atom stereocenters. The predicted molar refractivity (Wildman–Crippen MR) is 92.8 cm³/mol. The third-order valence-electron chi connectivity index (χ3n) is 4.75. The van der Waals surface area contributed by atoms with E-state index in [1.165, 1.54) is 43.2 Å². The predicted octanol–water partition coefficient (Wildman–Crippen LogP) is 4.11. The van der Waals surface area contributed by atoms with Gasteiger partial charge in [-0.3, -0.25) is 15.2 Å². The highest BCUT2D eigenvalue weighted by molar-refractivity contribution is 5.78. The Morgan fingerprint density at radius 1 is 1.36 bits per heavy atom. The Labute approximate surface area is 133 Å². The quantitative estimate of drug-likeness (QED) is 0.813. The van der Waals surface area contributed by atoms with Crippen LogP contribution >= 0.6 is 0 Å². The minimum absolute atomic E-state index is 0.315. The highest BCUT2D eigenvalue weighted by atomic mass is 15.3. The van der Waals surface area contributed by atoms with E-state index in [9.17, 15) is 0 Å². The second-order valence-electron chi connectivity index (χ2n) is 6.39. The smallest absolute Gasteiger partial charge is 0.0863 e. The molecule has 1 fully saturated rings. The van der Waals surface area contributed by atoms with E-state index in [2.05, 4.69) is 53.3 Å². The van der Waals surface area contributed by atoms with Crippen molar-refractivity contribution in [3.8, 4) is 0 Å². The first-order chi connectivity index (χ1) is 10.8. The fourth-order valence-corrected chi connectivity index (χ4v) is 3.43. The van der Waals surface area contributed by atoms with Crippen LogP contribution < -0.4 is 5.32 Å². The van der Waals surface area contributed by atoms with Gasteiger partial charge in [-0.2, -0.15) is 0 Å². The van der Waals surface area contributed by atoms with Crippen LogP contribution in [0.2, 0.25) is 0 Å². The molecule has 1 N–H and O–H groups in total. The van der Waals surface area contributed by atoms with E-state index in [4.69, 9.17) is 0 Å². The standard InChI is InChI=1S/C19H27N3/c1-3-4-11-21-19(22-13-6-7-15(22)2)17-10-9-16-8-5-12-20-18(16)14-17/h5,8-10,12,14-15,19,21H,3-4,6-7,11,13H2,1-2H3. The third kappa shape index (κ3) is 3.31. The summed E-state index contributed by atoms with van der Waals surface area (Å²) in [4.78, 5) is 7.13. The van der Waals surface area contributed by atoms with Gasteiger partial charge in [0.2, 0.25) is 0 Å². The molecular formula is C19H27N3. The first-order valence-electron chi connectivity index (χ1n) is 8.63. The van der Waals surface area contributed by atoms with E-state index in [0.717, 1.165) is 12.1 Å². The summed E-state index contributed by atoms with van der Waals surface area (Å²) in [7, 11) is 0. The van der Waals surface area contributed by atoms with Crippen LogP contribution in [0.15, 0.2) is 36.5 Å². The Kier molecular flexibility index (Phi) is 5.06. The molecule has 0 bridgehead atoms. The number of hydrogen-bond acceptors (Lipinski definition) is 3. The number of unbranched alkanes of at least 4 members (excludes halogenated alkanes) is 1. The monoisotopic (exact) mass is 297 g/mol. The van der Waals surface area contributed by atoms with Gasteiger partial charge in [0, 0.05) is 24.2 Å². The van der Waals surface area contributed by atoms with Crippen LogP contribution in [0, 0.1) is 0 Å². The highest BCUT2D eigenvalue weighted by Crippen LogP contribution is 2.29. The van der Waals surface area contributed by atoms with E-state index in [1.54, 1.807) is 0 Å². The highest BCUT2D eigenvalue weighted by Gasteiger charge is 2.28. The van der Waals surface area contributed by atoms with Gasteiger partial charge in [-0.15, -0.1) is 0 Å². The van der Waals surface area contributed by atoms with E-state index < -0.39 is 0 Å². The Bertz CT molecular complexity index is 610. The molecule has 22 heavy (non-hydrogen) atoms. The van der Waals surface area contributed by atoms with Gasteiger partial charge in [-0.05, 0) is 50.4 Å². The number of hydrogen-bond donors (Lipinski definition) is 1. The summed E-state index contributed by atoms with van der Waals surface area (Å²) in [5, 5.41) is 4.99. The average molecular weight is 297 g/mol. The molecule has 1 aliphatic heterocycles. The van der Waals surface area contributed by atoms with E-state index in [1.807, 2.05) is 12.3 Å². The molecule has 0 amide bonds. The summed E-state index contributed by atoms with van der Waals surface area (Å²) < 4.78 is 0. The third-order valence-corrected chi connectivity index (χ3v) is 4.75. The first-order valence-corrected chi connectivity index (χ1v) is 8.63. The fraction of sp³-hybridized carbons (Fsp3) is 0.526. The van der Waals surface area contributed by atoms with E-state index >= 15 is 0 Å². The lowest BCUT2D eigenvalue weighted by Gasteiger charge is -2.32. The van der Waals surface area contributed by atoms with Gasteiger partial charge >= 0.3 is 0 Å². The zero-order valence-corrected chi connectivity index (χ0v) is 13.8. The lowest BCUT2D eigenvalue weighted by Crippen LogP contribution is -2.40. The lowest BCUT2D eigenvalue weighted by atomic mass is 10.1. The van der Waals surface area contributed by atoms with Crippen molar-refractivity contribution in [2.24, 2.45) is 0 Å². The Morgan fingerprint density at radius 2 is 2.27 bits per heavy atom. The van der Waals surface area contributed by atoms with Crippen LogP contribution in [0.1, 0.15) is 51.3 Å². The molecule has 2 aromatic rings. The second kappa shape index (κ2) is 7.21. The maximum Gasteiger partial charge on any atom is 0.0863 e. The van der Waals surface area contributed by atoms with Crippen molar-refractivity contribution in [1.29, 1.82) is 0 Å². The molecule has 3 nitrogen and oxygen atoms in total. The molecule has 1 aliphatic rings. The number of rotatable bonds is 6. The minimum atomic E-state index is 0.315. The summed E-state index contributed by atoms with van der Waals surface area (Å²) in [6, 6.07) is 11.5. The number of nitrogens with one attached hydrogen (secondary N) is 1. The molecule has 3 rings (SSSR count). The van der Waals surface area contributed by atoms with Crippen LogP contribution in [0.5, 0.6) is 0 Å². The molecule has 0 saturated carbocycles. The second-order valence-corrected chi connectivity index (χ2v) is 6.39. The summed E-state index contributed by atoms with van der Waals surface area (Å²) in [5.41, 5.74) is 2.44. The number of pyridine rings is 1. The van der Waals surface area contributed by atoms with Crippen LogP contribution in [-0.2, 0) is 0 Å². The maximum atomic E-state index is 4.52. The van der Waals surface area contributed by atoms with Crippen LogP contribution in [0.3, 0.4) is 0 Å². The first kappa shape index (κ1) is 15.4. The Morgan fingerprint density at radius 3 is 3.05 bits per heavy atom. The number of aromatic nitrogens is 1. The molecule has 1 saturated heterocycles. The van der Waals surface area contributed by atoms with Gasteiger partial charge in [-0.25, -0.2) is 0 Å². The van der Waals surface area contributed by atoms with Gasteiger partial charge in [0.05, 0.1) is 11.7 Å². The number of fused-ring (bicyclic) bond motifs is 1. The Hall–Kier alpha value is -1.45. The molecule has 1 aromatic carbocycles. The molecule has 3 heteroatoms. The maximum absolute atomic E-state index is 4.52. The molecule has 118 valence electrons. The summed E-state index contributed by atoms with van der Waals surface area (Å²) >= 11 is 0. The molecular weight excluding hydrogens is 270 g/mol. The summed E-state index contributed by atoms with van der Waals surface area (Å²) in [6.45, 7) is 6.85. The van der Waals surface area contributed by atoms with Gasteiger partial charge in [0.25, 0.3) is 0 Å².